The van der Waals surface area contributed by atoms with Gasteiger partial charge >= 0.3 is 6.03 Å². The minimum Gasteiger partial charge on any atom is -0.497 e. The highest BCUT2D eigenvalue weighted by Gasteiger charge is 2.55. The first-order valence-electron chi connectivity index (χ1n) is 13.3. The number of ether oxygens (including phenoxy) is 2. The molecule has 1 spiro atoms. The normalized spacial score (nSPS) is 19.8. The van der Waals surface area contributed by atoms with E-state index in [1.165, 1.54) is 11.8 Å². The van der Waals surface area contributed by atoms with Crippen LogP contribution in [0.15, 0.2) is 64.6 Å². The van der Waals surface area contributed by atoms with Crippen LogP contribution in [-0.2, 0) is 11.3 Å². The van der Waals surface area contributed by atoms with Gasteiger partial charge in [-0.05, 0) is 43.5 Å². The van der Waals surface area contributed by atoms with Gasteiger partial charge in [-0.25, -0.2) is 4.79 Å². The predicted octanol–water partition coefficient (Wildman–Crippen LogP) is 5.21. The lowest BCUT2D eigenvalue weighted by Crippen LogP contribution is -2.54. The molecule has 3 aliphatic rings. The van der Waals surface area contributed by atoms with Gasteiger partial charge in [0.05, 0.1) is 31.2 Å². The summed E-state index contributed by atoms with van der Waals surface area (Å²) in [6.45, 7) is 10.3. The van der Waals surface area contributed by atoms with Crippen LogP contribution in [0.5, 0.6) is 11.5 Å². The summed E-state index contributed by atoms with van der Waals surface area (Å²) in [4.78, 5) is 34.2. The summed E-state index contributed by atoms with van der Waals surface area (Å²) < 4.78 is 11.3. The van der Waals surface area contributed by atoms with Crippen molar-refractivity contribution in [2.45, 2.75) is 49.6 Å². The van der Waals surface area contributed by atoms with Gasteiger partial charge in [-0.2, -0.15) is 0 Å². The van der Waals surface area contributed by atoms with Gasteiger partial charge in [0.2, 0.25) is 0 Å². The third-order valence-electron chi connectivity index (χ3n) is 8.18. The summed E-state index contributed by atoms with van der Waals surface area (Å²) >= 11 is 1.30. The first-order valence-corrected chi connectivity index (χ1v) is 14.1. The first kappa shape index (κ1) is 27.0. The summed E-state index contributed by atoms with van der Waals surface area (Å²) in [6, 6.07) is 11.4. The van der Waals surface area contributed by atoms with Crippen LogP contribution in [0.3, 0.4) is 0 Å². The first-order chi connectivity index (χ1) is 18.7. The fourth-order valence-electron chi connectivity index (χ4n) is 6.27. The molecule has 0 bridgehead atoms. The van der Waals surface area contributed by atoms with Gasteiger partial charge in [0, 0.05) is 53.5 Å². The maximum absolute atomic E-state index is 13.8. The van der Waals surface area contributed by atoms with Crippen molar-refractivity contribution >= 4 is 29.4 Å². The molecular formula is C30H36N4O4S. The number of para-hydroxylation sites is 1. The molecule has 8 nitrogen and oxygen atoms in total. The van der Waals surface area contributed by atoms with Crippen molar-refractivity contribution in [2.24, 2.45) is 0 Å². The molecule has 0 saturated carbocycles. The standard InChI is InChI=1S/C30H36N4O4S/c1-6-34-29(36)33-18-21-16-22(37-4)17-24(38-5)27(21)19(2)15-26(33)30(34)11-13-32(14-12-30)28(35)20(3)39-25-10-8-7-9-23(25)31/h7-10,15-17,19H,3,6,11-14,18,31H2,1-2,4-5H3/t19-/m0/s1. The van der Waals surface area contributed by atoms with Crippen LogP contribution in [0.4, 0.5) is 10.5 Å². The van der Waals surface area contributed by atoms with Crippen molar-refractivity contribution in [3.8, 4) is 11.5 Å². The van der Waals surface area contributed by atoms with Crippen LogP contribution in [0.25, 0.3) is 0 Å². The van der Waals surface area contributed by atoms with Crippen LogP contribution < -0.4 is 15.2 Å². The second kappa shape index (κ2) is 10.5. The van der Waals surface area contributed by atoms with Gasteiger partial charge in [0.25, 0.3) is 5.91 Å². The molecule has 1 atom stereocenters. The Bertz CT molecular complexity index is 1350. The highest BCUT2D eigenvalue weighted by molar-refractivity contribution is 8.04. The maximum atomic E-state index is 13.8. The van der Waals surface area contributed by atoms with Gasteiger partial charge in [-0.15, -0.1) is 0 Å². The van der Waals surface area contributed by atoms with Gasteiger partial charge in [-0.3, -0.25) is 9.69 Å². The molecule has 0 aliphatic carbocycles. The maximum Gasteiger partial charge on any atom is 0.325 e. The number of likely N-dealkylation sites (N-methyl/N-ethyl adjacent to an activating group) is 1. The number of nitrogens with zero attached hydrogens (tertiary/aromatic N) is 3. The number of allylic oxidation sites excluding steroid dienone is 1. The zero-order valence-electron chi connectivity index (χ0n) is 23.0. The lowest BCUT2D eigenvalue weighted by Gasteiger charge is -2.44. The Kier molecular flexibility index (Phi) is 7.29. The summed E-state index contributed by atoms with van der Waals surface area (Å²) in [6.07, 6.45) is 3.55. The summed E-state index contributed by atoms with van der Waals surface area (Å²) in [5.41, 5.74) is 9.36. The number of methoxy groups -OCH3 is 2. The third kappa shape index (κ3) is 4.52. The van der Waals surface area contributed by atoms with E-state index in [4.69, 9.17) is 15.2 Å². The van der Waals surface area contributed by atoms with E-state index in [1.807, 2.05) is 58.0 Å². The molecule has 2 fully saturated rings. The summed E-state index contributed by atoms with van der Waals surface area (Å²) in [5.74, 6) is 1.42. The molecule has 2 N–H and O–H groups in total. The number of hydrogen-bond acceptors (Lipinski definition) is 6. The molecule has 5 rings (SSSR count). The van der Waals surface area contributed by atoms with Gasteiger partial charge in [0.15, 0.2) is 0 Å². The average Bonchev–Trinajstić information content (AvgIpc) is 3.04. The van der Waals surface area contributed by atoms with E-state index >= 15 is 0 Å². The lowest BCUT2D eigenvalue weighted by atomic mass is 9.82. The number of benzene rings is 2. The molecule has 3 heterocycles. The van der Waals surface area contributed by atoms with Gasteiger partial charge < -0.3 is 25.0 Å². The van der Waals surface area contributed by atoms with E-state index in [9.17, 15) is 9.59 Å². The highest BCUT2D eigenvalue weighted by atomic mass is 32.2. The molecule has 3 aliphatic heterocycles. The number of hydrogen-bond donors (Lipinski definition) is 1. The van der Waals surface area contributed by atoms with Crippen LogP contribution in [0, 0.1) is 0 Å². The summed E-state index contributed by atoms with van der Waals surface area (Å²) in [5, 5.41) is 0. The van der Waals surface area contributed by atoms with E-state index in [2.05, 4.69) is 19.6 Å². The Labute approximate surface area is 234 Å². The Hall–Kier alpha value is -3.59. The van der Waals surface area contributed by atoms with E-state index in [-0.39, 0.29) is 17.9 Å². The molecular weight excluding hydrogens is 512 g/mol. The van der Waals surface area contributed by atoms with Crippen molar-refractivity contribution in [1.29, 1.82) is 0 Å². The molecule has 0 radical (unpaired) electrons. The van der Waals surface area contributed by atoms with Crippen molar-refractivity contribution < 1.29 is 19.1 Å². The number of urea groups is 1. The van der Waals surface area contributed by atoms with Gasteiger partial charge in [0.1, 0.15) is 11.5 Å². The number of anilines is 1. The molecule has 0 unspecified atom stereocenters. The predicted molar refractivity (Wildman–Crippen MR) is 154 cm³/mol. The number of piperidine rings is 1. The summed E-state index contributed by atoms with van der Waals surface area (Å²) in [7, 11) is 3.30. The van der Waals surface area contributed by atoms with Crippen LogP contribution in [0.2, 0.25) is 0 Å². The van der Waals surface area contributed by atoms with Crippen molar-refractivity contribution in [3.63, 3.8) is 0 Å². The molecule has 206 valence electrons. The Balaban J connectivity index is 1.41. The zero-order valence-corrected chi connectivity index (χ0v) is 23.8. The molecule has 39 heavy (non-hydrogen) atoms. The average molecular weight is 549 g/mol. The van der Waals surface area contributed by atoms with Crippen LogP contribution in [-0.4, -0.2) is 66.0 Å². The number of likely N-dealkylation sites (tertiary alicyclic amines) is 1. The fraction of sp³-hybridized carbons (Fsp3) is 0.400. The smallest absolute Gasteiger partial charge is 0.325 e. The fourth-order valence-corrected chi connectivity index (χ4v) is 7.08. The Morgan fingerprint density at radius 2 is 1.90 bits per heavy atom. The topological polar surface area (TPSA) is 88.3 Å². The largest absolute Gasteiger partial charge is 0.497 e. The highest BCUT2D eigenvalue weighted by Crippen LogP contribution is 2.49. The Morgan fingerprint density at radius 1 is 1.18 bits per heavy atom. The third-order valence-corrected chi connectivity index (χ3v) is 9.19. The van der Waals surface area contributed by atoms with Crippen molar-refractivity contribution in [3.05, 3.63) is 70.8 Å². The number of amides is 3. The van der Waals surface area contributed by atoms with E-state index in [1.54, 1.807) is 14.2 Å². The Morgan fingerprint density at radius 3 is 2.54 bits per heavy atom. The van der Waals surface area contributed by atoms with Crippen molar-refractivity contribution in [2.75, 3.05) is 39.6 Å². The number of nitrogen functional groups attached to an aromatic ring is 1. The second-order valence-corrected chi connectivity index (χ2v) is 11.4. The number of carbonyl (C=O) groups excluding carboxylic acids is 2. The van der Waals surface area contributed by atoms with Crippen molar-refractivity contribution in [1.82, 2.24) is 14.7 Å². The molecule has 2 saturated heterocycles. The quantitative estimate of drug-likeness (QED) is 0.303. The van der Waals surface area contributed by atoms with E-state index in [0.717, 1.165) is 27.5 Å². The molecule has 3 amide bonds. The number of rotatable bonds is 6. The molecule has 9 heteroatoms. The molecule has 2 aromatic carbocycles. The minimum atomic E-state index is -0.464. The van der Waals surface area contributed by atoms with Gasteiger partial charge in [-0.1, -0.05) is 43.5 Å². The van der Waals surface area contributed by atoms with E-state index < -0.39 is 5.54 Å². The number of nitrogens with two attached hydrogens (primary N) is 1. The molecule has 0 aromatic heterocycles. The molecule has 2 aromatic rings. The lowest BCUT2D eigenvalue weighted by molar-refractivity contribution is -0.128. The van der Waals surface area contributed by atoms with E-state index in [0.29, 0.717) is 55.4 Å². The second-order valence-electron chi connectivity index (χ2n) is 10.2. The number of thioether (sulfide) groups is 1. The SMILES string of the molecule is C=C(Sc1ccccc1N)C(=O)N1CCC2(CC1)C1=C[C@H](C)c3c(cc(OC)cc3OC)CN1C(=O)N2CC. The van der Waals surface area contributed by atoms with Crippen LogP contribution >= 0.6 is 11.8 Å². The van der Waals surface area contributed by atoms with Crippen LogP contribution in [0.1, 0.15) is 43.7 Å². The monoisotopic (exact) mass is 548 g/mol. The number of carbonyl (C=O) groups is 2. The zero-order chi connectivity index (χ0) is 27.9. The number of fused-ring (bicyclic) bond motifs is 3. The minimum absolute atomic E-state index is 0.00452.